The first-order valence-electron chi connectivity index (χ1n) is 10.2. The molecule has 29 heavy (non-hydrogen) atoms. The Morgan fingerprint density at radius 2 is 1.66 bits per heavy atom. The standard InChI is InChI=1S/C22H27N3O3S/c26-22(23-21-10-9-19-7-4-8-20(19)15-21)16-24-11-13-25(14-12-24)29(27,28)17-18-5-2-1-3-6-18/h1-3,5-6,9-10,15H,4,7-8,11-14,16-17H2,(H,23,26). The summed E-state index contributed by atoms with van der Waals surface area (Å²) in [6.45, 7) is 2.24. The van der Waals surface area contributed by atoms with Gasteiger partial charge in [-0.05, 0) is 48.1 Å². The largest absolute Gasteiger partial charge is 0.325 e. The predicted molar refractivity (Wildman–Crippen MR) is 114 cm³/mol. The molecule has 0 radical (unpaired) electrons. The van der Waals surface area contributed by atoms with Crippen molar-refractivity contribution < 1.29 is 13.2 Å². The minimum Gasteiger partial charge on any atom is -0.325 e. The van der Waals surface area contributed by atoms with Crippen LogP contribution in [0.3, 0.4) is 0 Å². The zero-order valence-electron chi connectivity index (χ0n) is 16.5. The second kappa shape index (κ2) is 8.65. The van der Waals surface area contributed by atoms with E-state index in [1.54, 1.807) is 0 Å². The average molecular weight is 414 g/mol. The number of piperazine rings is 1. The summed E-state index contributed by atoms with van der Waals surface area (Å²) in [5.41, 5.74) is 4.36. The Balaban J connectivity index is 1.26. The molecule has 0 unspecified atom stereocenters. The molecule has 1 aliphatic heterocycles. The number of benzene rings is 2. The zero-order valence-corrected chi connectivity index (χ0v) is 17.3. The van der Waals surface area contributed by atoms with Crippen LogP contribution in [-0.2, 0) is 33.4 Å². The number of nitrogens with zero attached hydrogens (tertiary/aromatic N) is 2. The molecule has 0 bridgehead atoms. The lowest BCUT2D eigenvalue weighted by molar-refractivity contribution is -0.117. The number of sulfonamides is 1. The van der Waals surface area contributed by atoms with Gasteiger partial charge in [-0.25, -0.2) is 8.42 Å². The van der Waals surface area contributed by atoms with Gasteiger partial charge in [-0.15, -0.1) is 0 Å². The van der Waals surface area contributed by atoms with Gasteiger partial charge in [0.15, 0.2) is 0 Å². The molecule has 1 amide bonds. The summed E-state index contributed by atoms with van der Waals surface area (Å²) >= 11 is 0. The molecular formula is C22H27N3O3S. The first-order valence-corrected chi connectivity index (χ1v) is 11.8. The van der Waals surface area contributed by atoms with Crippen molar-refractivity contribution >= 4 is 21.6 Å². The van der Waals surface area contributed by atoms with Crippen LogP contribution in [0, 0.1) is 0 Å². The number of amides is 1. The highest BCUT2D eigenvalue weighted by atomic mass is 32.2. The number of carbonyl (C=O) groups is 1. The Bertz CT molecular complexity index is 968. The second-order valence-corrected chi connectivity index (χ2v) is 9.77. The minimum absolute atomic E-state index is 0.0205. The molecule has 2 aliphatic rings. The summed E-state index contributed by atoms with van der Waals surface area (Å²) in [4.78, 5) is 14.4. The van der Waals surface area contributed by atoms with Gasteiger partial charge in [0.1, 0.15) is 0 Å². The molecule has 1 N–H and O–H groups in total. The highest BCUT2D eigenvalue weighted by molar-refractivity contribution is 7.88. The van der Waals surface area contributed by atoms with Crippen LogP contribution in [0.2, 0.25) is 0 Å². The van der Waals surface area contributed by atoms with Gasteiger partial charge in [0.2, 0.25) is 15.9 Å². The van der Waals surface area contributed by atoms with E-state index in [0.717, 1.165) is 24.1 Å². The van der Waals surface area contributed by atoms with Gasteiger partial charge in [-0.3, -0.25) is 9.69 Å². The van der Waals surface area contributed by atoms with Crippen LogP contribution in [-0.4, -0.2) is 56.3 Å². The lowest BCUT2D eigenvalue weighted by Crippen LogP contribution is -2.50. The van der Waals surface area contributed by atoms with Crippen LogP contribution in [0.5, 0.6) is 0 Å². The second-order valence-electron chi connectivity index (χ2n) is 7.80. The molecule has 2 aromatic carbocycles. The third-order valence-electron chi connectivity index (χ3n) is 5.67. The Hall–Kier alpha value is -2.22. The van der Waals surface area contributed by atoms with Crippen molar-refractivity contribution in [2.45, 2.75) is 25.0 Å². The average Bonchev–Trinajstić information content (AvgIpc) is 3.16. The van der Waals surface area contributed by atoms with Gasteiger partial charge in [-0.1, -0.05) is 36.4 Å². The fourth-order valence-electron chi connectivity index (χ4n) is 4.10. The van der Waals surface area contributed by atoms with E-state index >= 15 is 0 Å². The van der Waals surface area contributed by atoms with E-state index in [-0.39, 0.29) is 18.2 Å². The first-order chi connectivity index (χ1) is 14.0. The number of hydrogen-bond acceptors (Lipinski definition) is 4. The molecule has 0 saturated carbocycles. The van der Waals surface area contributed by atoms with Crippen LogP contribution in [0.1, 0.15) is 23.1 Å². The quantitative estimate of drug-likeness (QED) is 0.789. The van der Waals surface area contributed by atoms with Crippen molar-refractivity contribution in [2.24, 2.45) is 0 Å². The molecular weight excluding hydrogens is 386 g/mol. The van der Waals surface area contributed by atoms with E-state index < -0.39 is 10.0 Å². The molecule has 0 atom stereocenters. The summed E-state index contributed by atoms with van der Waals surface area (Å²) in [6, 6.07) is 15.4. The number of fused-ring (bicyclic) bond motifs is 1. The Morgan fingerprint density at radius 3 is 2.41 bits per heavy atom. The van der Waals surface area contributed by atoms with Gasteiger partial charge in [0.05, 0.1) is 12.3 Å². The Labute approximate surface area is 172 Å². The minimum atomic E-state index is -3.34. The lowest BCUT2D eigenvalue weighted by atomic mass is 10.1. The number of rotatable bonds is 6. The summed E-state index contributed by atoms with van der Waals surface area (Å²) in [5, 5.41) is 2.98. The number of carbonyl (C=O) groups excluding carboxylic acids is 1. The maximum absolute atomic E-state index is 12.6. The fraction of sp³-hybridized carbons (Fsp3) is 0.409. The van der Waals surface area contributed by atoms with E-state index in [2.05, 4.69) is 17.4 Å². The van der Waals surface area contributed by atoms with Crippen molar-refractivity contribution in [3.05, 3.63) is 65.2 Å². The molecule has 1 saturated heterocycles. The van der Waals surface area contributed by atoms with Crippen molar-refractivity contribution in [2.75, 3.05) is 38.0 Å². The lowest BCUT2D eigenvalue weighted by Gasteiger charge is -2.33. The number of aryl methyl sites for hydroxylation is 2. The van der Waals surface area contributed by atoms with E-state index in [4.69, 9.17) is 0 Å². The molecule has 1 fully saturated rings. The van der Waals surface area contributed by atoms with E-state index in [0.29, 0.717) is 26.2 Å². The number of nitrogens with one attached hydrogen (secondary N) is 1. The van der Waals surface area contributed by atoms with Gasteiger partial charge in [-0.2, -0.15) is 4.31 Å². The molecule has 0 spiro atoms. The molecule has 0 aromatic heterocycles. The van der Waals surface area contributed by atoms with E-state index in [1.165, 1.54) is 21.9 Å². The van der Waals surface area contributed by atoms with Crippen LogP contribution in [0.15, 0.2) is 48.5 Å². The fourth-order valence-corrected chi connectivity index (χ4v) is 5.61. The molecule has 7 heteroatoms. The van der Waals surface area contributed by atoms with E-state index in [9.17, 15) is 13.2 Å². The van der Waals surface area contributed by atoms with Crippen LogP contribution in [0.25, 0.3) is 0 Å². The van der Waals surface area contributed by atoms with Crippen molar-refractivity contribution in [3.63, 3.8) is 0 Å². The van der Waals surface area contributed by atoms with E-state index in [1.807, 2.05) is 41.3 Å². The molecule has 1 heterocycles. The molecule has 4 rings (SSSR count). The molecule has 6 nitrogen and oxygen atoms in total. The zero-order chi connectivity index (χ0) is 20.3. The Morgan fingerprint density at radius 1 is 0.931 bits per heavy atom. The van der Waals surface area contributed by atoms with Gasteiger partial charge >= 0.3 is 0 Å². The summed E-state index contributed by atoms with van der Waals surface area (Å²) < 4.78 is 26.8. The summed E-state index contributed by atoms with van der Waals surface area (Å²) in [6.07, 6.45) is 3.39. The molecule has 2 aromatic rings. The SMILES string of the molecule is O=C(CN1CCN(S(=O)(=O)Cc2ccccc2)CC1)Nc1ccc2c(c1)CCC2. The van der Waals surface area contributed by atoms with Crippen LogP contribution < -0.4 is 5.32 Å². The van der Waals surface area contributed by atoms with Crippen LogP contribution >= 0.6 is 0 Å². The summed E-state index contributed by atoms with van der Waals surface area (Å²) in [7, 11) is -3.34. The third-order valence-corrected chi connectivity index (χ3v) is 7.52. The maximum Gasteiger partial charge on any atom is 0.238 e. The van der Waals surface area contributed by atoms with Crippen molar-refractivity contribution in [3.8, 4) is 0 Å². The van der Waals surface area contributed by atoms with Gasteiger partial charge in [0, 0.05) is 31.9 Å². The Kier molecular flexibility index (Phi) is 5.99. The van der Waals surface area contributed by atoms with Crippen molar-refractivity contribution in [1.29, 1.82) is 0 Å². The van der Waals surface area contributed by atoms with Gasteiger partial charge < -0.3 is 5.32 Å². The van der Waals surface area contributed by atoms with Crippen LogP contribution in [0.4, 0.5) is 5.69 Å². The topological polar surface area (TPSA) is 69.7 Å². The number of hydrogen-bond donors (Lipinski definition) is 1. The highest BCUT2D eigenvalue weighted by Crippen LogP contribution is 2.25. The highest BCUT2D eigenvalue weighted by Gasteiger charge is 2.27. The summed E-state index contributed by atoms with van der Waals surface area (Å²) in [5.74, 6) is -0.0318. The van der Waals surface area contributed by atoms with Crippen molar-refractivity contribution in [1.82, 2.24) is 9.21 Å². The third kappa shape index (κ3) is 5.04. The monoisotopic (exact) mass is 413 g/mol. The smallest absolute Gasteiger partial charge is 0.238 e. The first kappa shape index (κ1) is 20.1. The number of anilines is 1. The normalized spacial score (nSPS) is 17.8. The molecule has 1 aliphatic carbocycles. The maximum atomic E-state index is 12.6. The predicted octanol–water partition coefficient (Wildman–Crippen LogP) is 2.26. The molecule has 154 valence electrons. The van der Waals surface area contributed by atoms with Gasteiger partial charge in [0.25, 0.3) is 0 Å².